The second-order valence-corrected chi connectivity index (χ2v) is 5.63. The van der Waals surface area contributed by atoms with E-state index < -0.39 is 0 Å². The van der Waals surface area contributed by atoms with Crippen molar-refractivity contribution in [2.45, 2.75) is 25.3 Å². The molecule has 94 valence electrons. The minimum Gasteiger partial charge on any atom is -0.338 e. The molecule has 2 N–H and O–H groups in total. The lowest BCUT2D eigenvalue weighted by Crippen LogP contribution is -2.12. The second kappa shape index (κ2) is 4.82. The van der Waals surface area contributed by atoms with E-state index in [4.69, 9.17) is 10.3 Å². The number of halogens is 1. The smallest absolute Gasteiger partial charge is 0.243 e. The number of hydrogen-bond donors (Lipinski definition) is 1. The topological polar surface area (TPSA) is 64.9 Å². The summed E-state index contributed by atoms with van der Waals surface area (Å²) in [5.74, 6) is 1.80. The number of rotatable bonds is 4. The summed E-state index contributed by atoms with van der Waals surface area (Å²) in [6, 6.07) is 8.00. The van der Waals surface area contributed by atoms with Crippen LogP contribution in [0.5, 0.6) is 0 Å². The number of hydrogen-bond acceptors (Lipinski definition) is 4. The molecule has 0 bridgehead atoms. The Bertz CT molecular complexity index is 551. The van der Waals surface area contributed by atoms with Gasteiger partial charge in [-0.1, -0.05) is 33.2 Å². The average Bonchev–Trinajstić information content (AvgIpc) is 3.09. The van der Waals surface area contributed by atoms with Crippen LogP contribution in [0.2, 0.25) is 0 Å². The first-order valence-electron chi connectivity index (χ1n) is 6.05. The van der Waals surface area contributed by atoms with Gasteiger partial charge in [0.25, 0.3) is 0 Å². The molecular weight excluding hydrogens is 294 g/mol. The molecule has 1 aliphatic carbocycles. The van der Waals surface area contributed by atoms with Gasteiger partial charge in [0.2, 0.25) is 5.89 Å². The van der Waals surface area contributed by atoms with E-state index in [1.54, 1.807) is 0 Å². The van der Waals surface area contributed by atoms with Gasteiger partial charge in [-0.15, -0.1) is 0 Å². The fraction of sp³-hybridized carbons (Fsp3) is 0.385. The molecule has 1 aromatic heterocycles. The Morgan fingerprint density at radius 3 is 3.00 bits per heavy atom. The van der Waals surface area contributed by atoms with Gasteiger partial charge in [-0.2, -0.15) is 4.98 Å². The Labute approximate surface area is 114 Å². The monoisotopic (exact) mass is 307 g/mol. The fourth-order valence-corrected chi connectivity index (χ4v) is 2.41. The number of nitrogens with zero attached hydrogens (tertiary/aromatic N) is 2. The zero-order valence-corrected chi connectivity index (χ0v) is 11.4. The minimum absolute atomic E-state index is 0.0891. The molecule has 0 aliphatic heterocycles. The van der Waals surface area contributed by atoms with Crippen molar-refractivity contribution in [3.05, 3.63) is 46.0 Å². The van der Waals surface area contributed by atoms with E-state index in [1.807, 2.05) is 18.2 Å². The third kappa shape index (κ3) is 2.62. The third-order valence-corrected chi connectivity index (χ3v) is 3.64. The number of aromatic nitrogens is 2. The van der Waals surface area contributed by atoms with Crippen molar-refractivity contribution in [2.75, 3.05) is 0 Å². The summed E-state index contributed by atoms with van der Waals surface area (Å²) in [5, 5.41) is 3.99. The molecule has 3 rings (SSSR count). The van der Waals surface area contributed by atoms with Crippen molar-refractivity contribution in [3.63, 3.8) is 0 Å². The van der Waals surface area contributed by atoms with Crippen LogP contribution in [0.3, 0.4) is 0 Å². The van der Waals surface area contributed by atoms with Crippen molar-refractivity contribution in [1.29, 1.82) is 0 Å². The molecule has 0 radical (unpaired) electrons. The molecule has 1 fully saturated rings. The molecular formula is C13H14BrN3O. The zero-order chi connectivity index (χ0) is 12.5. The highest BCUT2D eigenvalue weighted by Gasteiger charge is 2.33. The van der Waals surface area contributed by atoms with Crippen LogP contribution in [-0.4, -0.2) is 10.1 Å². The van der Waals surface area contributed by atoms with Gasteiger partial charge in [0.1, 0.15) is 0 Å². The summed E-state index contributed by atoms with van der Waals surface area (Å²) >= 11 is 3.45. The maximum absolute atomic E-state index is 6.03. The van der Waals surface area contributed by atoms with Crippen molar-refractivity contribution in [3.8, 4) is 0 Å². The lowest BCUT2D eigenvalue weighted by molar-refractivity contribution is 0.340. The molecule has 5 heteroatoms. The van der Waals surface area contributed by atoms with Crippen LogP contribution in [0, 0.1) is 5.92 Å². The first-order chi connectivity index (χ1) is 8.72. The normalized spacial score (nSPS) is 16.8. The summed E-state index contributed by atoms with van der Waals surface area (Å²) in [6.07, 6.45) is 3.01. The van der Waals surface area contributed by atoms with Gasteiger partial charge in [0.15, 0.2) is 5.82 Å². The molecule has 18 heavy (non-hydrogen) atoms. The van der Waals surface area contributed by atoms with E-state index in [2.05, 4.69) is 32.1 Å². The minimum atomic E-state index is -0.0891. The third-order valence-electron chi connectivity index (χ3n) is 3.15. The summed E-state index contributed by atoms with van der Waals surface area (Å²) in [5.41, 5.74) is 7.18. The van der Waals surface area contributed by atoms with E-state index in [-0.39, 0.29) is 6.04 Å². The van der Waals surface area contributed by atoms with Gasteiger partial charge in [-0.25, -0.2) is 0 Å². The first kappa shape index (κ1) is 11.9. The molecule has 0 saturated heterocycles. The molecule has 1 atom stereocenters. The Morgan fingerprint density at radius 1 is 1.44 bits per heavy atom. The van der Waals surface area contributed by atoms with Crippen LogP contribution in [0.4, 0.5) is 0 Å². The fourth-order valence-electron chi connectivity index (χ4n) is 1.96. The quantitative estimate of drug-likeness (QED) is 0.943. The lowest BCUT2D eigenvalue weighted by Gasteiger charge is -2.01. The molecule has 1 saturated carbocycles. The van der Waals surface area contributed by atoms with E-state index >= 15 is 0 Å². The van der Waals surface area contributed by atoms with Crippen LogP contribution < -0.4 is 5.73 Å². The molecule has 1 aliphatic rings. The van der Waals surface area contributed by atoms with Gasteiger partial charge in [0.05, 0.1) is 6.04 Å². The first-order valence-corrected chi connectivity index (χ1v) is 6.84. The van der Waals surface area contributed by atoms with Crippen LogP contribution in [-0.2, 0) is 6.42 Å². The van der Waals surface area contributed by atoms with Gasteiger partial charge in [-0.3, -0.25) is 0 Å². The van der Waals surface area contributed by atoms with E-state index in [0.29, 0.717) is 24.1 Å². The Balaban J connectivity index is 1.73. The summed E-state index contributed by atoms with van der Waals surface area (Å²) in [7, 11) is 0. The molecule has 1 heterocycles. The van der Waals surface area contributed by atoms with E-state index in [9.17, 15) is 0 Å². The van der Waals surface area contributed by atoms with Crippen molar-refractivity contribution in [2.24, 2.45) is 11.7 Å². The summed E-state index contributed by atoms with van der Waals surface area (Å²) in [4.78, 5) is 4.38. The Hall–Kier alpha value is -1.20. The van der Waals surface area contributed by atoms with Gasteiger partial charge in [-0.05, 0) is 36.5 Å². The van der Waals surface area contributed by atoms with Gasteiger partial charge < -0.3 is 10.3 Å². The average molecular weight is 308 g/mol. The van der Waals surface area contributed by atoms with Crippen molar-refractivity contribution >= 4 is 15.9 Å². The highest BCUT2D eigenvalue weighted by molar-refractivity contribution is 9.10. The van der Waals surface area contributed by atoms with Crippen LogP contribution in [0.1, 0.15) is 36.2 Å². The maximum atomic E-state index is 6.03. The predicted molar refractivity (Wildman–Crippen MR) is 70.9 cm³/mol. The summed E-state index contributed by atoms with van der Waals surface area (Å²) < 4.78 is 6.29. The zero-order valence-electron chi connectivity index (χ0n) is 9.84. The van der Waals surface area contributed by atoms with Gasteiger partial charge in [0, 0.05) is 10.9 Å². The largest absolute Gasteiger partial charge is 0.338 e. The maximum Gasteiger partial charge on any atom is 0.243 e. The van der Waals surface area contributed by atoms with Crippen LogP contribution in [0.25, 0.3) is 0 Å². The van der Waals surface area contributed by atoms with Crippen molar-refractivity contribution < 1.29 is 4.52 Å². The predicted octanol–water partition coefficient (Wildman–Crippen LogP) is 2.83. The Morgan fingerprint density at radius 2 is 2.28 bits per heavy atom. The highest BCUT2D eigenvalue weighted by Crippen LogP contribution is 2.38. The number of benzene rings is 1. The molecule has 1 unspecified atom stereocenters. The molecule has 0 amide bonds. The van der Waals surface area contributed by atoms with E-state index in [0.717, 1.165) is 10.0 Å². The van der Waals surface area contributed by atoms with Crippen LogP contribution >= 0.6 is 15.9 Å². The lowest BCUT2D eigenvalue weighted by atomic mass is 10.1. The summed E-state index contributed by atoms with van der Waals surface area (Å²) in [6.45, 7) is 0. The molecule has 0 spiro atoms. The van der Waals surface area contributed by atoms with Gasteiger partial charge >= 0.3 is 0 Å². The van der Waals surface area contributed by atoms with E-state index in [1.165, 1.54) is 12.8 Å². The standard InChI is InChI=1S/C13H14BrN3O/c14-10-3-1-2-8(6-10)7-11-16-13(18-17-11)12(15)9-4-5-9/h1-3,6,9,12H,4-5,7,15H2. The van der Waals surface area contributed by atoms with Crippen LogP contribution in [0.15, 0.2) is 33.3 Å². The Kier molecular flexibility index (Phi) is 3.18. The highest BCUT2D eigenvalue weighted by atomic mass is 79.9. The molecule has 1 aromatic carbocycles. The SMILES string of the molecule is NC(c1nc(Cc2cccc(Br)c2)no1)C1CC1. The molecule has 2 aromatic rings. The van der Waals surface area contributed by atoms with Crippen molar-refractivity contribution in [1.82, 2.24) is 10.1 Å². The second-order valence-electron chi connectivity index (χ2n) is 4.72. The number of nitrogens with two attached hydrogens (primary N) is 1. The molecule has 4 nitrogen and oxygen atoms in total.